The van der Waals surface area contributed by atoms with Crippen molar-refractivity contribution >= 4 is 0 Å². The highest BCUT2D eigenvalue weighted by Gasteiger charge is 2.40. The van der Waals surface area contributed by atoms with E-state index in [1.807, 2.05) is 12.1 Å². The van der Waals surface area contributed by atoms with E-state index in [1.165, 1.54) is 12.8 Å². The standard InChI is InChI=1S/C18H23N3O3/c1-22-12-18(7-2-3-8-18)17-20-16(24-21-17)14-6-4-5-13-11-19-9-10-23-15(13)14/h4-6,19H,2-3,7-12H2,1H3. The number of para-hydroxylation sites is 1. The van der Waals surface area contributed by atoms with E-state index >= 15 is 0 Å². The van der Waals surface area contributed by atoms with Crippen LogP contribution in [0.5, 0.6) is 5.75 Å². The Morgan fingerprint density at radius 2 is 2.17 bits per heavy atom. The van der Waals surface area contributed by atoms with Gasteiger partial charge in [-0.2, -0.15) is 4.98 Å². The molecule has 0 bridgehead atoms. The number of hydrogen-bond acceptors (Lipinski definition) is 6. The summed E-state index contributed by atoms with van der Waals surface area (Å²) >= 11 is 0. The maximum Gasteiger partial charge on any atom is 0.261 e. The predicted molar refractivity (Wildman–Crippen MR) is 89.0 cm³/mol. The first kappa shape index (κ1) is 15.6. The molecule has 1 aromatic heterocycles. The van der Waals surface area contributed by atoms with Crippen LogP contribution in [0.1, 0.15) is 37.1 Å². The molecule has 2 heterocycles. The van der Waals surface area contributed by atoms with Crippen molar-refractivity contribution in [1.29, 1.82) is 0 Å². The highest BCUT2D eigenvalue weighted by Crippen LogP contribution is 2.41. The lowest BCUT2D eigenvalue weighted by Crippen LogP contribution is -2.29. The van der Waals surface area contributed by atoms with Crippen molar-refractivity contribution in [3.05, 3.63) is 29.6 Å². The van der Waals surface area contributed by atoms with Gasteiger partial charge < -0.3 is 19.3 Å². The summed E-state index contributed by atoms with van der Waals surface area (Å²) in [6.07, 6.45) is 4.46. The third kappa shape index (κ3) is 2.70. The minimum Gasteiger partial charge on any atom is -0.491 e. The maximum absolute atomic E-state index is 5.93. The van der Waals surface area contributed by atoms with Crippen LogP contribution in [0.25, 0.3) is 11.5 Å². The van der Waals surface area contributed by atoms with Crippen molar-refractivity contribution in [2.75, 3.05) is 26.9 Å². The van der Waals surface area contributed by atoms with E-state index in [9.17, 15) is 0 Å². The molecule has 0 spiro atoms. The molecule has 128 valence electrons. The zero-order chi connectivity index (χ0) is 16.4. The van der Waals surface area contributed by atoms with Gasteiger partial charge in [0.25, 0.3) is 5.89 Å². The van der Waals surface area contributed by atoms with Crippen molar-refractivity contribution in [3.63, 3.8) is 0 Å². The Hall–Kier alpha value is -1.92. The molecule has 4 rings (SSSR count). The van der Waals surface area contributed by atoms with Crippen LogP contribution in [0, 0.1) is 0 Å². The topological polar surface area (TPSA) is 69.4 Å². The summed E-state index contributed by atoms with van der Waals surface area (Å²) in [5.74, 6) is 2.15. The van der Waals surface area contributed by atoms with Gasteiger partial charge in [0.2, 0.25) is 0 Å². The molecule has 0 amide bonds. The summed E-state index contributed by atoms with van der Waals surface area (Å²) in [6, 6.07) is 6.06. The second-order valence-corrected chi connectivity index (χ2v) is 6.66. The van der Waals surface area contributed by atoms with E-state index < -0.39 is 0 Å². The first-order valence-corrected chi connectivity index (χ1v) is 8.61. The maximum atomic E-state index is 5.93. The molecule has 2 aliphatic rings. The van der Waals surface area contributed by atoms with Crippen LogP contribution in [0.3, 0.4) is 0 Å². The smallest absolute Gasteiger partial charge is 0.261 e. The summed E-state index contributed by atoms with van der Waals surface area (Å²) in [4.78, 5) is 4.73. The molecular formula is C18H23N3O3. The highest BCUT2D eigenvalue weighted by molar-refractivity contribution is 5.65. The molecule has 0 radical (unpaired) electrons. The van der Waals surface area contributed by atoms with Crippen LogP contribution in [0.2, 0.25) is 0 Å². The van der Waals surface area contributed by atoms with Crippen LogP contribution in [0.4, 0.5) is 0 Å². The molecule has 1 fully saturated rings. The molecule has 1 N–H and O–H groups in total. The lowest BCUT2D eigenvalue weighted by Gasteiger charge is -2.23. The van der Waals surface area contributed by atoms with Crippen molar-refractivity contribution in [2.45, 2.75) is 37.6 Å². The molecule has 0 unspecified atom stereocenters. The Morgan fingerprint density at radius 1 is 1.29 bits per heavy atom. The fourth-order valence-corrected chi connectivity index (χ4v) is 3.82. The van der Waals surface area contributed by atoms with Crippen LogP contribution >= 0.6 is 0 Å². The second kappa shape index (κ2) is 6.53. The summed E-state index contributed by atoms with van der Waals surface area (Å²) in [6.45, 7) is 2.90. The third-order valence-corrected chi connectivity index (χ3v) is 5.05. The number of nitrogens with one attached hydrogen (secondary N) is 1. The zero-order valence-electron chi connectivity index (χ0n) is 14.0. The van der Waals surface area contributed by atoms with Gasteiger partial charge in [-0.05, 0) is 18.9 Å². The molecule has 1 aliphatic carbocycles. The minimum absolute atomic E-state index is 0.107. The normalized spacial score (nSPS) is 19.5. The fourth-order valence-electron chi connectivity index (χ4n) is 3.82. The number of ether oxygens (including phenoxy) is 2. The molecule has 1 aromatic carbocycles. The van der Waals surface area contributed by atoms with E-state index in [0.717, 1.165) is 48.6 Å². The molecule has 1 aliphatic heterocycles. The number of aromatic nitrogens is 2. The van der Waals surface area contributed by atoms with Crippen LogP contribution in [-0.2, 0) is 16.7 Å². The lowest BCUT2D eigenvalue weighted by atomic mass is 9.86. The molecule has 0 saturated heterocycles. The second-order valence-electron chi connectivity index (χ2n) is 6.66. The Bertz CT molecular complexity index is 707. The fraction of sp³-hybridized carbons (Fsp3) is 0.556. The van der Waals surface area contributed by atoms with Crippen molar-refractivity contribution in [3.8, 4) is 17.2 Å². The Kier molecular flexibility index (Phi) is 4.24. The summed E-state index contributed by atoms with van der Waals surface area (Å²) in [5, 5.41) is 7.65. The summed E-state index contributed by atoms with van der Waals surface area (Å²) in [5.41, 5.74) is 1.89. The van der Waals surface area contributed by atoms with Gasteiger partial charge in [-0.1, -0.05) is 30.1 Å². The van der Waals surface area contributed by atoms with Gasteiger partial charge in [0.1, 0.15) is 12.4 Å². The minimum atomic E-state index is -0.107. The van der Waals surface area contributed by atoms with Crippen molar-refractivity contribution in [2.24, 2.45) is 0 Å². The van der Waals surface area contributed by atoms with E-state index in [1.54, 1.807) is 7.11 Å². The molecule has 2 aromatic rings. The van der Waals surface area contributed by atoms with E-state index in [0.29, 0.717) is 19.1 Å². The SMILES string of the molecule is COCC1(c2noc(-c3cccc4c3OCCNC4)n2)CCCC1. The number of nitrogens with zero attached hydrogens (tertiary/aromatic N) is 2. The molecule has 0 atom stereocenters. The molecule has 6 nitrogen and oxygen atoms in total. The van der Waals surface area contributed by atoms with Gasteiger partial charge in [-0.3, -0.25) is 0 Å². The number of rotatable bonds is 4. The first-order chi connectivity index (χ1) is 11.8. The van der Waals surface area contributed by atoms with Crippen molar-refractivity contribution < 1.29 is 14.0 Å². The van der Waals surface area contributed by atoms with Crippen molar-refractivity contribution in [1.82, 2.24) is 15.5 Å². The third-order valence-electron chi connectivity index (χ3n) is 5.05. The van der Waals surface area contributed by atoms with E-state index in [4.69, 9.17) is 19.0 Å². The number of benzene rings is 1. The van der Waals surface area contributed by atoms with E-state index in [-0.39, 0.29) is 5.41 Å². The Morgan fingerprint density at radius 3 is 3.00 bits per heavy atom. The summed E-state index contributed by atoms with van der Waals surface area (Å²) in [7, 11) is 1.74. The van der Waals surface area contributed by atoms with E-state index in [2.05, 4.69) is 16.5 Å². The predicted octanol–water partition coefficient (Wildman–Crippen LogP) is 2.68. The van der Waals surface area contributed by atoms with Gasteiger partial charge >= 0.3 is 0 Å². The Labute approximate surface area is 141 Å². The monoisotopic (exact) mass is 329 g/mol. The zero-order valence-corrected chi connectivity index (χ0v) is 14.0. The van der Waals surface area contributed by atoms with Gasteiger partial charge in [-0.25, -0.2) is 0 Å². The number of hydrogen-bond donors (Lipinski definition) is 1. The highest BCUT2D eigenvalue weighted by atomic mass is 16.5. The quantitative estimate of drug-likeness (QED) is 0.930. The first-order valence-electron chi connectivity index (χ1n) is 8.61. The lowest BCUT2D eigenvalue weighted by molar-refractivity contribution is 0.125. The number of methoxy groups -OCH3 is 1. The molecular weight excluding hydrogens is 306 g/mol. The average molecular weight is 329 g/mol. The molecule has 24 heavy (non-hydrogen) atoms. The Balaban J connectivity index is 1.71. The van der Waals surface area contributed by atoms with Crippen LogP contribution in [-0.4, -0.2) is 37.0 Å². The average Bonchev–Trinajstić information content (AvgIpc) is 3.20. The van der Waals surface area contributed by atoms with Crippen LogP contribution in [0.15, 0.2) is 22.7 Å². The largest absolute Gasteiger partial charge is 0.491 e. The van der Waals surface area contributed by atoms with Crippen LogP contribution < -0.4 is 10.1 Å². The summed E-state index contributed by atoms with van der Waals surface area (Å²) < 4.78 is 17.0. The van der Waals surface area contributed by atoms with Gasteiger partial charge in [-0.15, -0.1) is 0 Å². The number of fused-ring (bicyclic) bond motifs is 1. The van der Waals surface area contributed by atoms with Gasteiger partial charge in [0.05, 0.1) is 17.6 Å². The van der Waals surface area contributed by atoms with Gasteiger partial charge in [0, 0.05) is 25.8 Å². The van der Waals surface area contributed by atoms with Gasteiger partial charge in [0.15, 0.2) is 5.82 Å². The molecule has 1 saturated carbocycles. The molecule has 6 heteroatoms.